The van der Waals surface area contributed by atoms with E-state index < -0.39 is 29.4 Å². The zero-order chi connectivity index (χ0) is 23.7. The van der Waals surface area contributed by atoms with E-state index in [1.165, 1.54) is 42.4 Å². The Morgan fingerprint density at radius 3 is 2.33 bits per heavy atom. The highest BCUT2D eigenvalue weighted by Gasteiger charge is 2.34. The highest BCUT2D eigenvalue weighted by Crippen LogP contribution is 2.30. The number of aromatic nitrogens is 2. The minimum absolute atomic E-state index is 0.195. The molecule has 1 aromatic heterocycles. The Balaban J connectivity index is 1.44. The number of hydrazone groups is 1. The molecule has 1 aromatic carbocycles. The summed E-state index contributed by atoms with van der Waals surface area (Å²) < 4.78 is 41.3. The summed E-state index contributed by atoms with van der Waals surface area (Å²) in [4.78, 5) is 37.8. The van der Waals surface area contributed by atoms with Crippen molar-refractivity contribution < 1.29 is 22.8 Å². The monoisotopic (exact) mass is 461 g/mol. The molecule has 3 amide bonds. The molecule has 0 radical (unpaired) electrons. The second-order valence-corrected chi connectivity index (χ2v) is 7.92. The maximum absolute atomic E-state index is 14.0. The topological polar surface area (TPSA) is 85.2 Å². The quantitative estimate of drug-likeness (QED) is 0.700. The first-order chi connectivity index (χ1) is 15.7. The van der Waals surface area contributed by atoms with Gasteiger partial charge in [-0.1, -0.05) is 0 Å². The van der Waals surface area contributed by atoms with Crippen LogP contribution >= 0.6 is 0 Å². The Morgan fingerprint density at radius 1 is 1.03 bits per heavy atom. The van der Waals surface area contributed by atoms with Crippen molar-refractivity contribution in [2.75, 3.05) is 45.2 Å². The summed E-state index contributed by atoms with van der Waals surface area (Å²) in [5.74, 6) is -2.62. The fourth-order valence-corrected chi connectivity index (χ4v) is 3.76. The van der Waals surface area contributed by atoms with Gasteiger partial charge in [0.1, 0.15) is 11.6 Å². The van der Waals surface area contributed by atoms with Gasteiger partial charge >= 0.3 is 6.03 Å². The van der Waals surface area contributed by atoms with Crippen LogP contribution in [0.4, 0.5) is 23.9 Å². The van der Waals surface area contributed by atoms with Crippen molar-refractivity contribution in [2.45, 2.75) is 12.5 Å². The number of halogens is 3. The molecule has 1 fully saturated rings. The van der Waals surface area contributed by atoms with E-state index in [2.05, 4.69) is 15.1 Å². The van der Waals surface area contributed by atoms with Crippen LogP contribution in [0, 0.1) is 17.5 Å². The zero-order valence-electron chi connectivity index (χ0n) is 18.1. The standard InChI is InChI=1S/C21H22F3N7O2/c1-28(2)19(32)18-16(24)12-25-20(27-18)29-5-7-30(8-6-29)21(33)31-17(3-4-26-31)13-9-14(22)11-15(23)10-13/h4,9-12,17H,3,5-8H2,1-2H3. The first-order valence-electron chi connectivity index (χ1n) is 10.3. The van der Waals surface area contributed by atoms with Crippen molar-refractivity contribution in [3.63, 3.8) is 0 Å². The molecule has 1 atom stereocenters. The lowest BCUT2D eigenvalue weighted by molar-refractivity contribution is 0.0816. The molecule has 1 saturated heterocycles. The van der Waals surface area contributed by atoms with E-state index in [1.807, 2.05) is 0 Å². The summed E-state index contributed by atoms with van der Waals surface area (Å²) in [7, 11) is 3.00. The van der Waals surface area contributed by atoms with E-state index in [0.29, 0.717) is 38.2 Å². The second-order valence-electron chi connectivity index (χ2n) is 7.92. The van der Waals surface area contributed by atoms with Crippen LogP contribution in [0.15, 0.2) is 29.5 Å². The number of piperazine rings is 1. The number of carbonyl (C=O) groups is 2. The Bertz CT molecular complexity index is 1080. The lowest BCUT2D eigenvalue weighted by atomic mass is 10.0. The van der Waals surface area contributed by atoms with Gasteiger partial charge in [-0.3, -0.25) is 4.79 Å². The molecule has 2 aliphatic rings. The molecule has 0 bridgehead atoms. The van der Waals surface area contributed by atoms with Crippen molar-refractivity contribution in [1.82, 2.24) is 24.8 Å². The number of rotatable bonds is 3. The van der Waals surface area contributed by atoms with Crippen molar-refractivity contribution in [1.29, 1.82) is 0 Å². The highest BCUT2D eigenvalue weighted by molar-refractivity contribution is 5.92. The molecule has 12 heteroatoms. The van der Waals surface area contributed by atoms with Gasteiger partial charge in [0.15, 0.2) is 11.5 Å². The van der Waals surface area contributed by atoms with Crippen molar-refractivity contribution in [3.8, 4) is 0 Å². The minimum atomic E-state index is -0.807. The van der Waals surface area contributed by atoms with Crippen LogP contribution in [0.1, 0.15) is 28.5 Å². The zero-order valence-corrected chi connectivity index (χ0v) is 18.1. The first-order valence-corrected chi connectivity index (χ1v) is 10.3. The van der Waals surface area contributed by atoms with Crippen LogP contribution in [-0.2, 0) is 0 Å². The summed E-state index contributed by atoms with van der Waals surface area (Å²) in [6, 6.07) is 2.18. The van der Waals surface area contributed by atoms with Crippen LogP contribution in [0.5, 0.6) is 0 Å². The number of amides is 3. The van der Waals surface area contributed by atoms with E-state index in [0.717, 1.165) is 12.3 Å². The predicted octanol–water partition coefficient (Wildman–Crippen LogP) is 2.27. The highest BCUT2D eigenvalue weighted by atomic mass is 19.1. The molecule has 9 nitrogen and oxygen atoms in total. The molecule has 2 aliphatic heterocycles. The Hall–Kier alpha value is -3.70. The third-order valence-corrected chi connectivity index (χ3v) is 5.47. The van der Waals surface area contributed by atoms with Gasteiger partial charge in [-0.15, -0.1) is 0 Å². The largest absolute Gasteiger partial charge is 0.343 e. The summed E-state index contributed by atoms with van der Waals surface area (Å²) >= 11 is 0. The van der Waals surface area contributed by atoms with E-state index in [1.54, 1.807) is 9.80 Å². The van der Waals surface area contributed by atoms with Gasteiger partial charge < -0.3 is 14.7 Å². The first kappa shape index (κ1) is 22.5. The Morgan fingerprint density at radius 2 is 1.70 bits per heavy atom. The normalized spacial score (nSPS) is 18.1. The van der Waals surface area contributed by atoms with Crippen molar-refractivity contribution >= 4 is 24.1 Å². The SMILES string of the molecule is CN(C)C(=O)c1nc(N2CCN(C(=O)N3N=CCC3c3cc(F)cc(F)c3)CC2)ncc1F. The van der Waals surface area contributed by atoms with E-state index in [4.69, 9.17) is 0 Å². The molecule has 0 saturated carbocycles. The van der Waals surface area contributed by atoms with Crippen LogP contribution in [0.25, 0.3) is 0 Å². The lowest BCUT2D eigenvalue weighted by Crippen LogP contribution is -2.52. The second kappa shape index (κ2) is 9.04. The number of hydrogen-bond acceptors (Lipinski definition) is 6. The van der Waals surface area contributed by atoms with Gasteiger partial charge in [-0.05, 0) is 17.7 Å². The third-order valence-electron chi connectivity index (χ3n) is 5.47. The molecule has 0 N–H and O–H groups in total. The van der Waals surface area contributed by atoms with Gasteiger partial charge in [0.05, 0.1) is 12.2 Å². The molecular weight excluding hydrogens is 439 g/mol. The van der Waals surface area contributed by atoms with Gasteiger partial charge in [-0.2, -0.15) is 5.10 Å². The van der Waals surface area contributed by atoms with E-state index in [-0.39, 0.29) is 17.7 Å². The van der Waals surface area contributed by atoms with E-state index in [9.17, 15) is 22.8 Å². The average molecular weight is 461 g/mol. The van der Waals surface area contributed by atoms with Gasteiger partial charge in [0, 0.05) is 59.0 Å². The fourth-order valence-electron chi connectivity index (χ4n) is 3.76. The molecule has 0 spiro atoms. The molecule has 0 aliphatic carbocycles. The van der Waals surface area contributed by atoms with Gasteiger partial charge in [0.2, 0.25) is 5.95 Å². The summed E-state index contributed by atoms with van der Waals surface area (Å²) in [6.07, 6.45) is 2.84. The molecule has 174 valence electrons. The number of benzene rings is 1. The number of urea groups is 1. The van der Waals surface area contributed by atoms with Gasteiger partial charge in [0.25, 0.3) is 5.91 Å². The Kier molecular flexibility index (Phi) is 6.16. The molecule has 4 rings (SSSR count). The molecule has 1 unspecified atom stereocenters. The Labute approximate surface area is 188 Å². The fraction of sp³-hybridized carbons (Fsp3) is 0.381. The maximum atomic E-state index is 14.0. The number of carbonyl (C=O) groups excluding carboxylic acids is 2. The van der Waals surface area contributed by atoms with Crippen LogP contribution in [0.2, 0.25) is 0 Å². The number of nitrogens with zero attached hydrogens (tertiary/aromatic N) is 7. The lowest BCUT2D eigenvalue weighted by Gasteiger charge is -2.37. The van der Waals surface area contributed by atoms with Crippen molar-refractivity contribution in [2.24, 2.45) is 5.10 Å². The summed E-state index contributed by atoms with van der Waals surface area (Å²) in [5, 5.41) is 5.34. The maximum Gasteiger partial charge on any atom is 0.341 e. The minimum Gasteiger partial charge on any atom is -0.343 e. The third kappa shape index (κ3) is 4.59. The van der Waals surface area contributed by atoms with Crippen LogP contribution in [-0.4, -0.2) is 83.2 Å². The van der Waals surface area contributed by atoms with E-state index >= 15 is 0 Å². The molecule has 33 heavy (non-hydrogen) atoms. The average Bonchev–Trinajstić information content (AvgIpc) is 3.28. The molecule has 2 aromatic rings. The smallest absolute Gasteiger partial charge is 0.341 e. The molecular formula is C21H22F3N7O2. The van der Waals surface area contributed by atoms with Crippen LogP contribution < -0.4 is 4.90 Å². The number of anilines is 1. The summed E-state index contributed by atoms with van der Waals surface area (Å²) in [6.45, 7) is 1.30. The summed E-state index contributed by atoms with van der Waals surface area (Å²) in [5.41, 5.74) is 0.00913. The predicted molar refractivity (Wildman–Crippen MR) is 113 cm³/mol. The van der Waals surface area contributed by atoms with Crippen LogP contribution in [0.3, 0.4) is 0 Å². The molecule has 3 heterocycles. The number of hydrogen-bond donors (Lipinski definition) is 0. The van der Waals surface area contributed by atoms with Crippen molar-refractivity contribution in [3.05, 3.63) is 53.1 Å². The van der Waals surface area contributed by atoms with Gasteiger partial charge in [-0.25, -0.2) is 32.9 Å².